The number of hydrogen-bond acceptors (Lipinski definition) is 7. The van der Waals surface area contributed by atoms with Gasteiger partial charge in [-0.05, 0) is 25.3 Å². The minimum atomic E-state index is -4.51. The van der Waals surface area contributed by atoms with E-state index in [-0.39, 0.29) is 29.0 Å². The number of carbonyl (C=O) groups is 2. The Kier molecular flexibility index (Phi) is 7.63. The van der Waals surface area contributed by atoms with E-state index in [1.807, 2.05) is 0 Å². The Bertz CT molecular complexity index is 914. The fraction of sp³-hybridized carbons (Fsp3) is 0.650. The summed E-state index contributed by atoms with van der Waals surface area (Å²) in [6.45, 7) is -2.07. The first-order valence-electron chi connectivity index (χ1n) is 10.4. The third kappa shape index (κ3) is 6.81. The zero-order valence-electron chi connectivity index (χ0n) is 17.3. The standard InChI is InChI=1S/C20H25F3N2O6S/c21-20(22,23)13-31-17-7-6-14(10-24-17)19(27)30-11-18(26)25(15-4-2-1-3-5-15)16-8-9-32(28,29)12-16/h6-7,10,15-16H,1-5,8-9,11-13H2. The first-order valence-corrected chi connectivity index (χ1v) is 12.2. The molecule has 0 N–H and O–H groups in total. The molecule has 2 heterocycles. The second kappa shape index (κ2) is 10.1. The van der Waals surface area contributed by atoms with Gasteiger partial charge in [-0.1, -0.05) is 19.3 Å². The molecule has 1 aliphatic carbocycles. The van der Waals surface area contributed by atoms with E-state index in [2.05, 4.69) is 9.72 Å². The lowest BCUT2D eigenvalue weighted by molar-refractivity contribution is -0.154. The van der Waals surface area contributed by atoms with Crippen LogP contribution in [0.1, 0.15) is 48.9 Å². The first kappa shape index (κ1) is 24.3. The summed E-state index contributed by atoms with van der Waals surface area (Å²) in [4.78, 5) is 30.4. The van der Waals surface area contributed by atoms with Gasteiger partial charge < -0.3 is 14.4 Å². The molecular weight excluding hydrogens is 453 g/mol. The van der Waals surface area contributed by atoms with Gasteiger partial charge in [-0.25, -0.2) is 18.2 Å². The van der Waals surface area contributed by atoms with E-state index in [0.717, 1.165) is 44.4 Å². The van der Waals surface area contributed by atoms with Crippen molar-refractivity contribution in [3.8, 4) is 5.88 Å². The lowest BCUT2D eigenvalue weighted by Crippen LogP contribution is -2.50. The van der Waals surface area contributed by atoms with Crippen LogP contribution in [0.5, 0.6) is 5.88 Å². The van der Waals surface area contributed by atoms with E-state index in [0.29, 0.717) is 6.42 Å². The van der Waals surface area contributed by atoms with Crippen molar-refractivity contribution in [2.45, 2.75) is 56.8 Å². The van der Waals surface area contributed by atoms with Gasteiger partial charge in [-0.15, -0.1) is 0 Å². The number of nitrogens with zero attached hydrogens (tertiary/aromatic N) is 2. The minimum Gasteiger partial charge on any atom is -0.468 e. The normalized spacial score (nSPS) is 21.2. The zero-order valence-corrected chi connectivity index (χ0v) is 18.2. The summed E-state index contributed by atoms with van der Waals surface area (Å²) in [7, 11) is -3.20. The highest BCUT2D eigenvalue weighted by atomic mass is 32.2. The van der Waals surface area contributed by atoms with Crippen molar-refractivity contribution in [2.75, 3.05) is 24.7 Å². The number of amides is 1. The van der Waals surface area contributed by atoms with Crippen LogP contribution in [0.25, 0.3) is 0 Å². The summed E-state index contributed by atoms with van der Waals surface area (Å²) in [5.74, 6) is -1.68. The Morgan fingerprint density at radius 1 is 1.09 bits per heavy atom. The summed E-state index contributed by atoms with van der Waals surface area (Å²) >= 11 is 0. The highest BCUT2D eigenvalue weighted by Gasteiger charge is 2.38. The number of aromatic nitrogens is 1. The number of sulfone groups is 1. The summed E-state index contributed by atoms with van der Waals surface area (Å²) in [6, 6.07) is 1.77. The molecule has 1 unspecified atom stereocenters. The quantitative estimate of drug-likeness (QED) is 0.555. The molecular formula is C20H25F3N2O6S. The molecule has 1 saturated heterocycles. The molecule has 32 heavy (non-hydrogen) atoms. The summed E-state index contributed by atoms with van der Waals surface area (Å²) in [5.41, 5.74) is -0.0511. The van der Waals surface area contributed by atoms with Gasteiger partial charge in [0.15, 0.2) is 23.1 Å². The van der Waals surface area contributed by atoms with Crippen LogP contribution in [0.15, 0.2) is 18.3 Å². The number of carbonyl (C=O) groups excluding carboxylic acids is 2. The molecule has 0 aromatic carbocycles. The van der Waals surface area contributed by atoms with E-state index in [9.17, 15) is 31.2 Å². The number of hydrogen-bond donors (Lipinski definition) is 0. The SMILES string of the molecule is O=C(OCC(=O)N(C1CCCCC1)C1CCS(=O)(=O)C1)c1ccc(OCC(F)(F)F)nc1. The summed E-state index contributed by atoms with van der Waals surface area (Å²) in [5, 5.41) is 0. The van der Waals surface area contributed by atoms with E-state index in [4.69, 9.17) is 4.74 Å². The molecule has 0 spiro atoms. The second-order valence-electron chi connectivity index (χ2n) is 8.01. The average Bonchev–Trinajstić information content (AvgIpc) is 3.10. The Labute approximate surface area is 184 Å². The highest BCUT2D eigenvalue weighted by molar-refractivity contribution is 7.91. The molecule has 1 aliphatic heterocycles. The largest absolute Gasteiger partial charge is 0.468 e. The highest BCUT2D eigenvalue weighted by Crippen LogP contribution is 2.28. The number of alkyl halides is 3. The van der Waals surface area contributed by atoms with Crippen LogP contribution in [0, 0.1) is 0 Å². The van der Waals surface area contributed by atoms with Crippen molar-refractivity contribution in [3.05, 3.63) is 23.9 Å². The molecule has 0 radical (unpaired) electrons. The third-order valence-corrected chi connectivity index (χ3v) is 7.29. The molecule has 1 amide bonds. The molecule has 178 valence electrons. The topological polar surface area (TPSA) is 103 Å². The van der Waals surface area contributed by atoms with E-state index in [1.165, 1.54) is 6.07 Å². The smallest absolute Gasteiger partial charge is 0.422 e. The van der Waals surface area contributed by atoms with Crippen molar-refractivity contribution < 1.29 is 40.7 Å². The van der Waals surface area contributed by atoms with Gasteiger partial charge in [0.25, 0.3) is 5.91 Å². The lowest BCUT2D eigenvalue weighted by Gasteiger charge is -2.38. The van der Waals surface area contributed by atoms with Crippen LogP contribution in [0.4, 0.5) is 13.2 Å². The molecule has 3 rings (SSSR count). The van der Waals surface area contributed by atoms with Crippen molar-refractivity contribution in [1.29, 1.82) is 0 Å². The van der Waals surface area contributed by atoms with Gasteiger partial charge >= 0.3 is 12.1 Å². The number of esters is 1. The Morgan fingerprint density at radius 3 is 2.38 bits per heavy atom. The fourth-order valence-corrected chi connectivity index (χ4v) is 5.80. The van der Waals surface area contributed by atoms with Crippen molar-refractivity contribution >= 4 is 21.7 Å². The van der Waals surface area contributed by atoms with E-state index in [1.54, 1.807) is 4.90 Å². The van der Waals surface area contributed by atoms with E-state index < -0.39 is 47.1 Å². The lowest BCUT2D eigenvalue weighted by atomic mass is 9.93. The van der Waals surface area contributed by atoms with Crippen LogP contribution >= 0.6 is 0 Å². The Hall–Kier alpha value is -2.37. The Morgan fingerprint density at radius 2 is 1.81 bits per heavy atom. The van der Waals surface area contributed by atoms with Crippen molar-refractivity contribution in [2.24, 2.45) is 0 Å². The molecule has 2 fully saturated rings. The maximum Gasteiger partial charge on any atom is 0.422 e. The second-order valence-corrected chi connectivity index (χ2v) is 10.2. The van der Waals surface area contributed by atoms with Crippen LogP contribution < -0.4 is 4.74 Å². The van der Waals surface area contributed by atoms with Crippen LogP contribution in [0.3, 0.4) is 0 Å². The number of halogens is 3. The molecule has 1 atom stereocenters. The molecule has 1 saturated carbocycles. The number of pyridine rings is 1. The Balaban J connectivity index is 1.59. The maximum atomic E-state index is 12.9. The van der Waals surface area contributed by atoms with Crippen LogP contribution in [0.2, 0.25) is 0 Å². The summed E-state index contributed by atoms with van der Waals surface area (Å²) in [6.07, 6.45) is 1.36. The minimum absolute atomic E-state index is 0.0301. The zero-order chi connectivity index (χ0) is 23.4. The van der Waals surface area contributed by atoms with Crippen LogP contribution in [-0.4, -0.2) is 73.2 Å². The molecule has 1 aromatic heterocycles. The third-order valence-electron chi connectivity index (χ3n) is 5.54. The molecule has 1 aromatic rings. The predicted molar refractivity (Wildman–Crippen MR) is 107 cm³/mol. The monoisotopic (exact) mass is 478 g/mol. The molecule has 8 nitrogen and oxygen atoms in total. The molecule has 12 heteroatoms. The van der Waals surface area contributed by atoms with Gasteiger partial charge in [-0.2, -0.15) is 13.2 Å². The van der Waals surface area contributed by atoms with Crippen molar-refractivity contribution in [3.63, 3.8) is 0 Å². The van der Waals surface area contributed by atoms with Gasteiger partial charge in [0.1, 0.15) is 0 Å². The first-order chi connectivity index (χ1) is 15.0. The van der Waals surface area contributed by atoms with Gasteiger partial charge in [0.2, 0.25) is 5.88 Å². The van der Waals surface area contributed by atoms with E-state index >= 15 is 0 Å². The van der Waals surface area contributed by atoms with Crippen molar-refractivity contribution in [1.82, 2.24) is 9.88 Å². The van der Waals surface area contributed by atoms with Gasteiger partial charge in [0, 0.05) is 24.3 Å². The van der Waals surface area contributed by atoms with Crippen LogP contribution in [-0.2, 0) is 19.4 Å². The molecule has 0 bridgehead atoms. The number of rotatable bonds is 7. The fourth-order valence-electron chi connectivity index (χ4n) is 4.09. The van der Waals surface area contributed by atoms with Gasteiger partial charge in [0.05, 0.1) is 17.1 Å². The maximum absolute atomic E-state index is 12.9. The van der Waals surface area contributed by atoms with Gasteiger partial charge in [-0.3, -0.25) is 4.79 Å². The predicted octanol–water partition coefficient (Wildman–Crippen LogP) is 2.53. The molecule has 2 aliphatic rings. The summed E-state index contributed by atoms with van der Waals surface area (Å²) < 4.78 is 70.0. The average molecular weight is 478 g/mol. The number of ether oxygens (including phenoxy) is 2.